The fourth-order valence-corrected chi connectivity index (χ4v) is 2.71. The minimum absolute atomic E-state index is 0.522. The quantitative estimate of drug-likeness (QED) is 0.890. The van der Waals surface area contributed by atoms with E-state index in [9.17, 15) is 0 Å². The monoisotopic (exact) mass is 272 g/mol. The molecule has 1 heterocycles. The molecule has 1 N–H and O–H groups in total. The van der Waals surface area contributed by atoms with Gasteiger partial charge in [-0.25, -0.2) is 0 Å². The first-order valence-corrected chi connectivity index (χ1v) is 6.74. The van der Waals surface area contributed by atoms with Crippen molar-refractivity contribution in [2.45, 2.75) is 32.5 Å². The number of piperazine rings is 1. The highest BCUT2D eigenvalue weighted by Gasteiger charge is 2.24. The van der Waals surface area contributed by atoms with E-state index in [1.807, 2.05) is 18.2 Å². The number of rotatable bonds is 2. The van der Waals surface area contributed by atoms with Gasteiger partial charge in [-0.2, -0.15) is 0 Å². The first-order valence-electron chi connectivity index (χ1n) is 5.98. The normalized spacial score (nSPS) is 26.1. The number of nitrogens with one attached hydrogen (secondary N) is 1. The summed E-state index contributed by atoms with van der Waals surface area (Å²) in [7, 11) is 0. The summed E-state index contributed by atoms with van der Waals surface area (Å²) in [6.45, 7) is 7.40. The van der Waals surface area contributed by atoms with Crippen molar-refractivity contribution in [1.29, 1.82) is 0 Å². The van der Waals surface area contributed by atoms with Crippen LogP contribution in [0.25, 0.3) is 0 Å². The zero-order valence-corrected chi connectivity index (χ0v) is 11.7. The third kappa shape index (κ3) is 3.14. The van der Waals surface area contributed by atoms with Gasteiger partial charge in [-0.3, -0.25) is 4.90 Å². The van der Waals surface area contributed by atoms with E-state index in [2.05, 4.69) is 24.1 Å². The summed E-state index contributed by atoms with van der Waals surface area (Å²) in [6.07, 6.45) is 0. The molecule has 0 aromatic heterocycles. The molecule has 0 saturated carbocycles. The van der Waals surface area contributed by atoms with Crippen molar-refractivity contribution in [2.75, 3.05) is 13.1 Å². The Morgan fingerprint density at radius 1 is 1.24 bits per heavy atom. The number of hydrogen-bond acceptors (Lipinski definition) is 2. The van der Waals surface area contributed by atoms with Gasteiger partial charge in [0, 0.05) is 41.8 Å². The molecule has 4 heteroatoms. The molecule has 0 radical (unpaired) electrons. The highest BCUT2D eigenvalue weighted by molar-refractivity contribution is 6.33. The van der Waals surface area contributed by atoms with Gasteiger partial charge in [0.15, 0.2) is 0 Å². The fraction of sp³-hybridized carbons (Fsp3) is 0.538. The molecule has 1 aliphatic heterocycles. The lowest BCUT2D eigenvalue weighted by Crippen LogP contribution is -2.54. The molecule has 94 valence electrons. The van der Waals surface area contributed by atoms with Gasteiger partial charge in [-0.15, -0.1) is 0 Å². The predicted octanol–water partition coefficient (Wildman–Crippen LogP) is 3.18. The number of halogens is 2. The van der Waals surface area contributed by atoms with E-state index in [1.165, 1.54) is 0 Å². The molecule has 2 nitrogen and oxygen atoms in total. The molecule has 0 amide bonds. The van der Waals surface area contributed by atoms with Crippen molar-refractivity contribution >= 4 is 23.2 Å². The summed E-state index contributed by atoms with van der Waals surface area (Å²) in [4.78, 5) is 2.47. The zero-order chi connectivity index (χ0) is 12.4. The second kappa shape index (κ2) is 5.57. The van der Waals surface area contributed by atoms with Crippen molar-refractivity contribution < 1.29 is 0 Å². The number of hydrogen-bond donors (Lipinski definition) is 1. The summed E-state index contributed by atoms with van der Waals surface area (Å²) >= 11 is 12.2. The van der Waals surface area contributed by atoms with E-state index >= 15 is 0 Å². The van der Waals surface area contributed by atoms with Crippen LogP contribution >= 0.6 is 23.2 Å². The van der Waals surface area contributed by atoms with Crippen LogP contribution in [0.3, 0.4) is 0 Å². The standard InChI is InChI=1S/C13H18Cl2N2/c1-9-6-16-7-10(2)17(9)8-11-5-12(14)3-4-13(11)15/h3-5,9-10,16H,6-8H2,1-2H3. The summed E-state index contributed by atoms with van der Waals surface area (Å²) in [6, 6.07) is 6.71. The van der Waals surface area contributed by atoms with E-state index in [-0.39, 0.29) is 0 Å². The fourth-order valence-electron chi connectivity index (χ4n) is 2.34. The summed E-state index contributed by atoms with van der Waals surface area (Å²) in [5.41, 5.74) is 1.11. The van der Waals surface area contributed by atoms with Crippen molar-refractivity contribution in [2.24, 2.45) is 0 Å². The second-order valence-corrected chi connectivity index (χ2v) is 5.61. The van der Waals surface area contributed by atoms with Gasteiger partial charge in [0.25, 0.3) is 0 Å². The lowest BCUT2D eigenvalue weighted by molar-refractivity contribution is 0.109. The number of benzene rings is 1. The molecule has 17 heavy (non-hydrogen) atoms. The second-order valence-electron chi connectivity index (χ2n) is 4.76. The summed E-state index contributed by atoms with van der Waals surface area (Å²) < 4.78 is 0. The van der Waals surface area contributed by atoms with Crippen LogP contribution in [0.2, 0.25) is 10.0 Å². The lowest BCUT2D eigenvalue weighted by atomic mass is 10.1. The maximum Gasteiger partial charge on any atom is 0.0452 e. The Bertz CT molecular complexity index is 385. The first kappa shape index (κ1) is 13.2. The van der Waals surface area contributed by atoms with E-state index in [1.54, 1.807) is 0 Å². The van der Waals surface area contributed by atoms with Gasteiger partial charge < -0.3 is 5.32 Å². The highest BCUT2D eigenvalue weighted by Crippen LogP contribution is 2.24. The molecule has 0 bridgehead atoms. The predicted molar refractivity (Wildman–Crippen MR) is 73.8 cm³/mol. The number of nitrogens with zero attached hydrogens (tertiary/aromatic N) is 1. The van der Waals surface area contributed by atoms with Gasteiger partial charge in [0.2, 0.25) is 0 Å². The average molecular weight is 273 g/mol. The molecule has 1 aliphatic rings. The van der Waals surface area contributed by atoms with Gasteiger partial charge in [-0.1, -0.05) is 23.2 Å². The van der Waals surface area contributed by atoms with Crippen LogP contribution in [-0.2, 0) is 6.54 Å². The maximum atomic E-state index is 6.21. The Morgan fingerprint density at radius 3 is 2.53 bits per heavy atom. The van der Waals surface area contributed by atoms with E-state index < -0.39 is 0 Å². The molecular formula is C13H18Cl2N2. The van der Waals surface area contributed by atoms with Gasteiger partial charge in [0.1, 0.15) is 0 Å². The van der Waals surface area contributed by atoms with Crippen molar-refractivity contribution in [3.63, 3.8) is 0 Å². The molecule has 1 aromatic carbocycles. The van der Waals surface area contributed by atoms with Crippen LogP contribution in [-0.4, -0.2) is 30.1 Å². The van der Waals surface area contributed by atoms with Crippen molar-refractivity contribution in [1.82, 2.24) is 10.2 Å². The SMILES string of the molecule is CC1CNCC(C)N1Cc1cc(Cl)ccc1Cl. The van der Waals surface area contributed by atoms with E-state index in [0.29, 0.717) is 12.1 Å². The van der Waals surface area contributed by atoms with Crippen LogP contribution < -0.4 is 5.32 Å². The van der Waals surface area contributed by atoms with Crippen LogP contribution in [0, 0.1) is 0 Å². The summed E-state index contributed by atoms with van der Waals surface area (Å²) in [5.74, 6) is 0. The molecule has 1 saturated heterocycles. The average Bonchev–Trinajstić information content (AvgIpc) is 2.28. The van der Waals surface area contributed by atoms with Gasteiger partial charge in [0.05, 0.1) is 0 Å². The molecule has 2 atom stereocenters. The molecule has 2 unspecified atom stereocenters. The molecule has 2 rings (SSSR count). The first-order chi connectivity index (χ1) is 8.08. The topological polar surface area (TPSA) is 15.3 Å². The molecular weight excluding hydrogens is 255 g/mol. The molecule has 1 fully saturated rings. The zero-order valence-electron chi connectivity index (χ0n) is 10.2. The third-order valence-corrected chi connectivity index (χ3v) is 3.98. The highest BCUT2D eigenvalue weighted by atomic mass is 35.5. The summed E-state index contributed by atoms with van der Waals surface area (Å²) in [5, 5.41) is 4.97. The van der Waals surface area contributed by atoms with E-state index in [0.717, 1.165) is 35.2 Å². The van der Waals surface area contributed by atoms with Crippen molar-refractivity contribution in [3.8, 4) is 0 Å². The third-order valence-electron chi connectivity index (χ3n) is 3.37. The van der Waals surface area contributed by atoms with Crippen LogP contribution in [0.5, 0.6) is 0 Å². The molecule has 0 aliphatic carbocycles. The van der Waals surface area contributed by atoms with E-state index in [4.69, 9.17) is 23.2 Å². The minimum Gasteiger partial charge on any atom is -0.314 e. The van der Waals surface area contributed by atoms with Crippen LogP contribution in [0.4, 0.5) is 0 Å². The maximum absolute atomic E-state index is 6.21. The lowest BCUT2D eigenvalue weighted by Gasteiger charge is -2.39. The van der Waals surface area contributed by atoms with Gasteiger partial charge in [-0.05, 0) is 37.6 Å². The molecule has 0 spiro atoms. The Kier molecular flexibility index (Phi) is 4.31. The minimum atomic E-state index is 0.522. The Morgan fingerprint density at radius 2 is 1.88 bits per heavy atom. The smallest absolute Gasteiger partial charge is 0.0452 e. The molecule has 1 aromatic rings. The Balaban J connectivity index is 2.16. The Hall–Kier alpha value is -0.280. The van der Waals surface area contributed by atoms with Crippen molar-refractivity contribution in [3.05, 3.63) is 33.8 Å². The van der Waals surface area contributed by atoms with Crippen LogP contribution in [0.1, 0.15) is 19.4 Å². The largest absolute Gasteiger partial charge is 0.314 e. The van der Waals surface area contributed by atoms with Gasteiger partial charge >= 0.3 is 0 Å². The Labute approximate surface area is 113 Å². The van der Waals surface area contributed by atoms with Crippen LogP contribution in [0.15, 0.2) is 18.2 Å².